The summed E-state index contributed by atoms with van der Waals surface area (Å²) in [6.07, 6.45) is 0. The Balaban J connectivity index is 1.42. The van der Waals surface area contributed by atoms with Crippen LogP contribution in [0.15, 0.2) is 50.5 Å². The van der Waals surface area contributed by atoms with Gasteiger partial charge in [0.25, 0.3) is 5.89 Å². The fourth-order valence-electron chi connectivity index (χ4n) is 2.37. The number of hydrogen-bond acceptors (Lipinski definition) is 10. The molecule has 4 aromatic rings. The summed E-state index contributed by atoms with van der Waals surface area (Å²) in [6, 6.07) is 11.7. The van der Waals surface area contributed by atoms with Gasteiger partial charge in [0.05, 0.1) is 22.4 Å². The quantitative estimate of drug-likeness (QED) is 0.358. The van der Waals surface area contributed by atoms with Crippen LogP contribution in [0.4, 0.5) is 10.8 Å². The lowest BCUT2D eigenvalue weighted by molar-refractivity contribution is 0.342. The molecule has 0 saturated heterocycles. The number of para-hydroxylation sites is 2. The van der Waals surface area contributed by atoms with E-state index in [2.05, 4.69) is 25.7 Å². The third-order valence-electron chi connectivity index (χ3n) is 3.63. The Morgan fingerprint density at radius 3 is 2.86 bits per heavy atom. The molecule has 4 rings (SSSR count). The zero-order valence-corrected chi connectivity index (χ0v) is 17.6. The molecular formula is C18H17N5O2S3. The van der Waals surface area contributed by atoms with Crippen LogP contribution in [0.25, 0.3) is 10.8 Å². The predicted octanol–water partition coefficient (Wildman–Crippen LogP) is 5.65. The molecule has 10 heteroatoms. The summed E-state index contributed by atoms with van der Waals surface area (Å²) in [5.74, 6) is 1.90. The third kappa shape index (κ3) is 4.34. The van der Waals surface area contributed by atoms with Crippen LogP contribution in [-0.2, 0) is 0 Å². The van der Waals surface area contributed by atoms with Crippen LogP contribution < -0.4 is 10.1 Å². The number of thioether (sulfide) groups is 1. The number of ether oxygens (including phenoxy) is 1. The molecule has 0 aliphatic carbocycles. The highest BCUT2D eigenvalue weighted by molar-refractivity contribution is 8.01. The van der Waals surface area contributed by atoms with Gasteiger partial charge in [-0.15, -0.1) is 31.7 Å². The predicted molar refractivity (Wildman–Crippen MR) is 113 cm³/mol. The van der Waals surface area contributed by atoms with E-state index >= 15 is 0 Å². The number of rotatable bonds is 8. The molecule has 0 spiro atoms. The second kappa shape index (κ2) is 8.72. The van der Waals surface area contributed by atoms with E-state index < -0.39 is 0 Å². The summed E-state index contributed by atoms with van der Waals surface area (Å²) in [4.78, 5) is 0.964. The number of anilines is 2. The van der Waals surface area contributed by atoms with Gasteiger partial charge < -0.3 is 14.5 Å². The monoisotopic (exact) mass is 431 g/mol. The van der Waals surface area contributed by atoms with E-state index in [-0.39, 0.29) is 5.25 Å². The summed E-state index contributed by atoms with van der Waals surface area (Å²) >= 11 is 4.57. The van der Waals surface area contributed by atoms with Crippen LogP contribution in [0.2, 0.25) is 0 Å². The van der Waals surface area contributed by atoms with Gasteiger partial charge in [0.2, 0.25) is 11.0 Å². The molecule has 3 heterocycles. The Bertz CT molecular complexity index is 1030. The minimum atomic E-state index is -0.0299. The first-order valence-electron chi connectivity index (χ1n) is 8.59. The van der Waals surface area contributed by atoms with E-state index in [1.165, 1.54) is 23.1 Å². The fraction of sp³-hybridized carbons (Fsp3) is 0.222. The number of nitrogens with zero attached hydrogens (tertiary/aromatic N) is 4. The number of thiophene rings is 1. The largest absolute Gasteiger partial charge is 0.492 e. The van der Waals surface area contributed by atoms with Gasteiger partial charge in [0, 0.05) is 0 Å². The van der Waals surface area contributed by atoms with Crippen LogP contribution in [0.5, 0.6) is 5.75 Å². The fourth-order valence-corrected chi connectivity index (χ4v) is 4.96. The van der Waals surface area contributed by atoms with Gasteiger partial charge in [-0.1, -0.05) is 41.3 Å². The van der Waals surface area contributed by atoms with E-state index in [0.29, 0.717) is 23.5 Å². The van der Waals surface area contributed by atoms with Crippen molar-refractivity contribution in [1.82, 2.24) is 20.4 Å². The van der Waals surface area contributed by atoms with E-state index in [0.717, 1.165) is 20.7 Å². The molecule has 0 radical (unpaired) electrons. The highest BCUT2D eigenvalue weighted by Crippen LogP contribution is 2.39. The molecule has 0 amide bonds. The van der Waals surface area contributed by atoms with Crippen LogP contribution in [0, 0.1) is 0 Å². The smallest absolute Gasteiger partial charge is 0.257 e. The Kier molecular flexibility index (Phi) is 5.89. The Hall–Kier alpha value is -2.43. The zero-order chi connectivity index (χ0) is 19.3. The lowest BCUT2D eigenvalue weighted by Crippen LogP contribution is -1.97. The molecule has 1 unspecified atom stereocenters. The maximum Gasteiger partial charge on any atom is 0.257 e. The summed E-state index contributed by atoms with van der Waals surface area (Å²) in [5.41, 5.74) is 0.864. The molecule has 0 bridgehead atoms. The number of benzene rings is 1. The van der Waals surface area contributed by atoms with Gasteiger partial charge in [-0.2, -0.15) is 0 Å². The highest BCUT2D eigenvalue weighted by atomic mass is 32.2. The maximum absolute atomic E-state index is 5.80. The Morgan fingerprint density at radius 1 is 1.14 bits per heavy atom. The summed E-state index contributed by atoms with van der Waals surface area (Å²) in [6.45, 7) is 4.57. The standard InChI is InChI=1S/C18H17N5O2S3/c1-3-24-13-8-5-4-7-12(13)19-17-22-23-18(28-17)27-11(2)15-20-21-16(25-15)14-9-6-10-26-14/h4-11H,3H2,1-2H3,(H,19,22). The zero-order valence-electron chi connectivity index (χ0n) is 15.2. The molecule has 0 aliphatic heterocycles. The van der Waals surface area contributed by atoms with Gasteiger partial charge in [-0.3, -0.25) is 0 Å². The third-order valence-corrected chi connectivity index (χ3v) is 6.50. The van der Waals surface area contributed by atoms with Gasteiger partial charge in [-0.05, 0) is 37.4 Å². The summed E-state index contributed by atoms with van der Waals surface area (Å²) in [7, 11) is 0. The molecule has 0 aliphatic rings. The average Bonchev–Trinajstić information content (AvgIpc) is 3.45. The van der Waals surface area contributed by atoms with E-state index in [1.807, 2.05) is 55.6 Å². The summed E-state index contributed by atoms with van der Waals surface area (Å²) in [5, 5.41) is 22.7. The lowest BCUT2D eigenvalue weighted by Gasteiger charge is -2.09. The average molecular weight is 432 g/mol. The normalized spacial score (nSPS) is 12.1. The van der Waals surface area contributed by atoms with Crippen molar-refractivity contribution in [2.75, 3.05) is 11.9 Å². The minimum absolute atomic E-state index is 0.0299. The van der Waals surface area contributed by atoms with Gasteiger partial charge in [-0.25, -0.2) is 0 Å². The van der Waals surface area contributed by atoms with Crippen molar-refractivity contribution in [3.05, 3.63) is 47.7 Å². The molecule has 0 fully saturated rings. The maximum atomic E-state index is 5.80. The molecule has 144 valence electrons. The van der Waals surface area contributed by atoms with Gasteiger partial charge in [0.15, 0.2) is 4.34 Å². The Morgan fingerprint density at radius 2 is 2.04 bits per heavy atom. The molecule has 3 aromatic heterocycles. The van der Waals surface area contributed by atoms with E-state index in [9.17, 15) is 0 Å². The number of hydrogen-bond donors (Lipinski definition) is 1. The highest BCUT2D eigenvalue weighted by Gasteiger charge is 2.19. The van der Waals surface area contributed by atoms with E-state index in [4.69, 9.17) is 9.15 Å². The van der Waals surface area contributed by atoms with Crippen LogP contribution in [0.1, 0.15) is 25.0 Å². The second-order valence-corrected chi connectivity index (χ2v) is 9.12. The van der Waals surface area contributed by atoms with Crippen LogP contribution in [-0.4, -0.2) is 27.0 Å². The minimum Gasteiger partial charge on any atom is -0.492 e. The van der Waals surface area contributed by atoms with Crippen molar-refractivity contribution in [2.24, 2.45) is 0 Å². The molecule has 28 heavy (non-hydrogen) atoms. The molecule has 1 atom stereocenters. The first kappa shape index (κ1) is 18.9. The Labute approximate surface area is 174 Å². The number of aromatic nitrogens is 4. The molecule has 1 aromatic carbocycles. The molecule has 0 saturated carbocycles. The first-order chi connectivity index (χ1) is 13.7. The van der Waals surface area contributed by atoms with Crippen molar-refractivity contribution in [3.8, 4) is 16.5 Å². The second-order valence-electron chi connectivity index (χ2n) is 5.61. The first-order valence-corrected chi connectivity index (χ1v) is 11.2. The van der Waals surface area contributed by atoms with Crippen molar-refractivity contribution >= 4 is 45.3 Å². The van der Waals surface area contributed by atoms with Crippen LogP contribution >= 0.6 is 34.4 Å². The van der Waals surface area contributed by atoms with Crippen molar-refractivity contribution in [2.45, 2.75) is 23.4 Å². The van der Waals surface area contributed by atoms with Crippen molar-refractivity contribution < 1.29 is 9.15 Å². The van der Waals surface area contributed by atoms with Gasteiger partial charge >= 0.3 is 0 Å². The molecule has 7 nitrogen and oxygen atoms in total. The number of nitrogens with one attached hydrogen (secondary N) is 1. The molecular weight excluding hydrogens is 414 g/mol. The van der Waals surface area contributed by atoms with Crippen molar-refractivity contribution in [1.29, 1.82) is 0 Å². The summed E-state index contributed by atoms with van der Waals surface area (Å²) < 4.78 is 12.3. The van der Waals surface area contributed by atoms with E-state index in [1.54, 1.807) is 11.3 Å². The molecule has 1 N–H and O–H groups in total. The van der Waals surface area contributed by atoms with Gasteiger partial charge in [0.1, 0.15) is 5.75 Å². The lowest BCUT2D eigenvalue weighted by atomic mass is 10.3. The SMILES string of the molecule is CCOc1ccccc1Nc1nnc(SC(C)c2nnc(-c3cccs3)o2)s1. The van der Waals surface area contributed by atoms with Crippen molar-refractivity contribution in [3.63, 3.8) is 0 Å². The topological polar surface area (TPSA) is 86.0 Å². The van der Waals surface area contributed by atoms with Crippen LogP contribution in [0.3, 0.4) is 0 Å².